The Morgan fingerprint density at radius 2 is 1.63 bits per heavy atom. The van der Waals surface area contributed by atoms with Gasteiger partial charge in [0, 0.05) is 17.8 Å². The van der Waals surface area contributed by atoms with Gasteiger partial charge in [-0.1, -0.05) is 12.1 Å². The first kappa shape index (κ1) is 18.0. The average Bonchev–Trinajstić information content (AvgIpc) is 2.68. The Labute approximate surface area is 155 Å². The lowest BCUT2D eigenvalue weighted by molar-refractivity contribution is 0.0698. The van der Waals surface area contributed by atoms with Crippen molar-refractivity contribution in [2.45, 2.75) is 0 Å². The first-order chi connectivity index (χ1) is 13.1. The van der Waals surface area contributed by atoms with Gasteiger partial charge in [-0.25, -0.2) is 14.8 Å². The summed E-state index contributed by atoms with van der Waals surface area (Å²) >= 11 is 0. The topological polar surface area (TPSA) is 106 Å². The molecule has 0 aliphatic carbocycles. The van der Waals surface area contributed by atoms with Gasteiger partial charge >= 0.3 is 5.97 Å². The standard InChI is InChI=1S/C19H18N4O4/c1-26-15-8-7-12(9-16(15)27-2)22-17-10-18(21-11-20-17)23-14-6-4-3-5-13(14)19(24)25/h3-11H,1-2H3,(H,24,25)(H2,20,21,22,23). The summed E-state index contributed by atoms with van der Waals surface area (Å²) in [6, 6.07) is 13.7. The SMILES string of the molecule is COc1ccc(Nc2cc(Nc3ccccc3C(=O)O)ncn2)cc1OC. The summed E-state index contributed by atoms with van der Waals surface area (Å²) in [6.07, 6.45) is 1.38. The number of aromatic nitrogens is 2. The predicted octanol–water partition coefficient (Wildman–Crippen LogP) is 3.68. The summed E-state index contributed by atoms with van der Waals surface area (Å²) in [7, 11) is 3.14. The highest BCUT2D eigenvalue weighted by Gasteiger charge is 2.10. The van der Waals surface area contributed by atoms with Crippen molar-refractivity contribution in [2.75, 3.05) is 24.9 Å². The number of benzene rings is 2. The van der Waals surface area contributed by atoms with Crippen LogP contribution in [-0.2, 0) is 0 Å². The maximum absolute atomic E-state index is 11.3. The van der Waals surface area contributed by atoms with E-state index in [1.54, 1.807) is 50.6 Å². The number of rotatable bonds is 7. The number of anilines is 4. The van der Waals surface area contributed by atoms with Crippen LogP contribution in [0.3, 0.4) is 0 Å². The normalized spacial score (nSPS) is 10.1. The number of aromatic carboxylic acids is 1. The number of carbonyl (C=O) groups is 1. The molecule has 8 nitrogen and oxygen atoms in total. The second kappa shape index (κ2) is 8.05. The summed E-state index contributed by atoms with van der Waals surface area (Å²) in [5, 5.41) is 15.4. The maximum Gasteiger partial charge on any atom is 0.337 e. The van der Waals surface area contributed by atoms with Gasteiger partial charge in [-0.3, -0.25) is 0 Å². The Morgan fingerprint density at radius 1 is 0.926 bits per heavy atom. The number of methoxy groups -OCH3 is 2. The molecule has 3 rings (SSSR count). The molecule has 0 atom stereocenters. The highest BCUT2D eigenvalue weighted by atomic mass is 16.5. The van der Waals surface area contributed by atoms with Crippen molar-refractivity contribution in [3.63, 3.8) is 0 Å². The zero-order chi connectivity index (χ0) is 19.2. The van der Waals surface area contributed by atoms with E-state index in [0.717, 1.165) is 5.69 Å². The summed E-state index contributed by atoms with van der Waals surface area (Å²) in [4.78, 5) is 19.6. The number of nitrogens with zero attached hydrogens (tertiary/aromatic N) is 2. The molecule has 3 N–H and O–H groups in total. The molecule has 0 amide bonds. The van der Waals surface area contributed by atoms with Gasteiger partial charge in [0.25, 0.3) is 0 Å². The van der Waals surface area contributed by atoms with Crippen molar-refractivity contribution in [1.29, 1.82) is 0 Å². The van der Waals surface area contributed by atoms with Crippen LogP contribution in [0.1, 0.15) is 10.4 Å². The maximum atomic E-state index is 11.3. The lowest BCUT2D eigenvalue weighted by atomic mass is 10.2. The number of carboxylic acids is 1. The van der Waals surface area contributed by atoms with Crippen molar-refractivity contribution in [1.82, 2.24) is 9.97 Å². The van der Waals surface area contributed by atoms with Crippen LogP contribution < -0.4 is 20.1 Å². The number of hydrogen-bond acceptors (Lipinski definition) is 7. The van der Waals surface area contributed by atoms with Gasteiger partial charge in [0.2, 0.25) is 0 Å². The number of nitrogens with one attached hydrogen (secondary N) is 2. The highest BCUT2D eigenvalue weighted by molar-refractivity contribution is 5.95. The third kappa shape index (κ3) is 4.24. The van der Waals surface area contributed by atoms with Crippen LogP contribution in [0.15, 0.2) is 54.9 Å². The fourth-order valence-electron chi connectivity index (χ4n) is 2.47. The molecular weight excluding hydrogens is 348 g/mol. The van der Waals surface area contributed by atoms with E-state index in [0.29, 0.717) is 28.8 Å². The van der Waals surface area contributed by atoms with Crippen molar-refractivity contribution >= 4 is 29.0 Å². The first-order valence-corrected chi connectivity index (χ1v) is 8.01. The first-order valence-electron chi connectivity index (χ1n) is 8.01. The molecule has 1 heterocycles. The third-order valence-corrected chi connectivity index (χ3v) is 3.74. The minimum atomic E-state index is -1.02. The van der Waals surface area contributed by atoms with Gasteiger partial charge in [-0.15, -0.1) is 0 Å². The van der Waals surface area contributed by atoms with Gasteiger partial charge in [-0.05, 0) is 24.3 Å². The van der Waals surface area contributed by atoms with Gasteiger partial charge in [0.15, 0.2) is 11.5 Å². The zero-order valence-electron chi connectivity index (χ0n) is 14.8. The van der Waals surface area contributed by atoms with E-state index in [2.05, 4.69) is 20.6 Å². The van der Waals surface area contributed by atoms with E-state index in [1.807, 2.05) is 6.07 Å². The molecule has 1 aromatic heterocycles. The van der Waals surface area contributed by atoms with Crippen LogP contribution >= 0.6 is 0 Å². The summed E-state index contributed by atoms with van der Waals surface area (Å²) in [5.74, 6) is 1.19. The molecule has 0 aliphatic rings. The molecular formula is C19H18N4O4. The van der Waals surface area contributed by atoms with Crippen LogP contribution in [-0.4, -0.2) is 35.3 Å². The van der Waals surface area contributed by atoms with E-state index in [1.165, 1.54) is 12.4 Å². The Morgan fingerprint density at radius 3 is 2.33 bits per heavy atom. The number of ether oxygens (including phenoxy) is 2. The van der Waals surface area contributed by atoms with E-state index >= 15 is 0 Å². The minimum absolute atomic E-state index is 0.158. The Balaban J connectivity index is 1.81. The van der Waals surface area contributed by atoms with E-state index in [9.17, 15) is 9.90 Å². The van der Waals surface area contributed by atoms with Crippen molar-refractivity contribution < 1.29 is 19.4 Å². The molecule has 0 bridgehead atoms. The number of para-hydroxylation sites is 1. The van der Waals surface area contributed by atoms with Crippen molar-refractivity contribution in [3.8, 4) is 11.5 Å². The fraction of sp³-hybridized carbons (Fsp3) is 0.105. The minimum Gasteiger partial charge on any atom is -0.493 e. The lowest BCUT2D eigenvalue weighted by Crippen LogP contribution is -2.04. The molecule has 2 aromatic carbocycles. The molecule has 138 valence electrons. The van der Waals surface area contributed by atoms with Crippen LogP contribution in [0.5, 0.6) is 11.5 Å². The summed E-state index contributed by atoms with van der Waals surface area (Å²) in [6.45, 7) is 0. The fourth-order valence-corrected chi connectivity index (χ4v) is 2.47. The molecule has 0 saturated heterocycles. The molecule has 0 saturated carbocycles. The average molecular weight is 366 g/mol. The monoisotopic (exact) mass is 366 g/mol. The molecule has 0 unspecified atom stereocenters. The molecule has 0 aliphatic heterocycles. The lowest BCUT2D eigenvalue weighted by Gasteiger charge is -2.12. The summed E-state index contributed by atoms with van der Waals surface area (Å²) < 4.78 is 10.5. The van der Waals surface area contributed by atoms with E-state index in [-0.39, 0.29) is 5.56 Å². The zero-order valence-corrected chi connectivity index (χ0v) is 14.8. The second-order valence-electron chi connectivity index (χ2n) is 5.46. The van der Waals surface area contributed by atoms with Gasteiger partial charge in [0.1, 0.15) is 18.0 Å². The Bertz CT molecular complexity index is 962. The van der Waals surface area contributed by atoms with Gasteiger partial charge in [0.05, 0.1) is 25.5 Å². The summed E-state index contributed by atoms with van der Waals surface area (Å²) in [5.41, 5.74) is 1.36. The van der Waals surface area contributed by atoms with Crippen LogP contribution in [0.4, 0.5) is 23.0 Å². The van der Waals surface area contributed by atoms with E-state index in [4.69, 9.17) is 9.47 Å². The molecule has 3 aromatic rings. The molecule has 8 heteroatoms. The Hall–Kier alpha value is -3.81. The predicted molar refractivity (Wildman–Crippen MR) is 102 cm³/mol. The van der Waals surface area contributed by atoms with Crippen molar-refractivity contribution in [3.05, 3.63) is 60.4 Å². The molecule has 0 spiro atoms. The van der Waals surface area contributed by atoms with Crippen molar-refractivity contribution in [2.24, 2.45) is 0 Å². The largest absolute Gasteiger partial charge is 0.493 e. The third-order valence-electron chi connectivity index (χ3n) is 3.74. The van der Waals surface area contributed by atoms with Crippen LogP contribution in [0, 0.1) is 0 Å². The van der Waals surface area contributed by atoms with Crippen LogP contribution in [0.2, 0.25) is 0 Å². The second-order valence-corrected chi connectivity index (χ2v) is 5.46. The molecule has 0 radical (unpaired) electrons. The highest BCUT2D eigenvalue weighted by Crippen LogP contribution is 2.31. The molecule has 27 heavy (non-hydrogen) atoms. The van der Waals surface area contributed by atoms with Gasteiger partial charge in [-0.2, -0.15) is 0 Å². The Kier molecular flexibility index (Phi) is 5.36. The number of hydrogen-bond donors (Lipinski definition) is 3. The van der Waals surface area contributed by atoms with Crippen LogP contribution in [0.25, 0.3) is 0 Å². The quantitative estimate of drug-likeness (QED) is 0.581. The van der Waals surface area contributed by atoms with Gasteiger partial charge < -0.3 is 25.2 Å². The van der Waals surface area contributed by atoms with E-state index < -0.39 is 5.97 Å². The molecule has 0 fully saturated rings. The smallest absolute Gasteiger partial charge is 0.337 e. The number of carboxylic acid groups (broad SMARTS) is 1.